The summed E-state index contributed by atoms with van der Waals surface area (Å²) in [6, 6.07) is 22.6. The van der Waals surface area contributed by atoms with E-state index in [0.29, 0.717) is 0 Å². The zero-order chi connectivity index (χ0) is 22.1. The van der Waals surface area contributed by atoms with E-state index in [4.69, 9.17) is 0 Å². The molecule has 0 N–H and O–H groups in total. The van der Waals surface area contributed by atoms with Crippen LogP contribution in [0.4, 0.5) is 17.1 Å². The standard InChI is InChI=1S/C26H27N3O2/c1-18-5-11-22(12-6-18)28-17-24(30)29(23-13-7-19(2)8-14-23)25(26(28)31)20-9-15-21(16-10-20)27(3)4/h5-16,25H,17H2,1-4H3. The fourth-order valence-electron chi connectivity index (χ4n) is 3.88. The first kappa shape index (κ1) is 20.7. The Morgan fingerprint density at radius 1 is 0.742 bits per heavy atom. The molecule has 0 radical (unpaired) electrons. The van der Waals surface area contributed by atoms with Gasteiger partial charge in [0.2, 0.25) is 5.91 Å². The lowest BCUT2D eigenvalue weighted by atomic mass is 9.98. The molecule has 3 aromatic carbocycles. The molecule has 1 fully saturated rings. The summed E-state index contributed by atoms with van der Waals surface area (Å²) >= 11 is 0. The Labute approximate surface area is 183 Å². The molecular formula is C26H27N3O2. The summed E-state index contributed by atoms with van der Waals surface area (Å²) in [5.41, 5.74) is 5.51. The monoisotopic (exact) mass is 413 g/mol. The van der Waals surface area contributed by atoms with Gasteiger partial charge in [-0.15, -0.1) is 0 Å². The molecule has 1 aliphatic rings. The van der Waals surface area contributed by atoms with Gasteiger partial charge in [0.25, 0.3) is 5.91 Å². The zero-order valence-electron chi connectivity index (χ0n) is 18.4. The smallest absolute Gasteiger partial charge is 0.255 e. The molecular weight excluding hydrogens is 386 g/mol. The highest BCUT2D eigenvalue weighted by Crippen LogP contribution is 2.35. The van der Waals surface area contributed by atoms with E-state index in [-0.39, 0.29) is 18.4 Å². The van der Waals surface area contributed by atoms with Crippen molar-refractivity contribution in [2.24, 2.45) is 0 Å². The first-order chi connectivity index (χ1) is 14.8. The van der Waals surface area contributed by atoms with E-state index in [1.165, 1.54) is 0 Å². The zero-order valence-corrected chi connectivity index (χ0v) is 18.4. The third-order valence-electron chi connectivity index (χ3n) is 5.70. The molecule has 0 aromatic heterocycles. The average Bonchev–Trinajstić information content (AvgIpc) is 2.76. The van der Waals surface area contributed by atoms with Gasteiger partial charge in [0, 0.05) is 31.2 Å². The summed E-state index contributed by atoms with van der Waals surface area (Å²) in [6.45, 7) is 4.02. The molecule has 0 bridgehead atoms. The summed E-state index contributed by atoms with van der Waals surface area (Å²) in [6.07, 6.45) is 0. The molecule has 1 heterocycles. The van der Waals surface area contributed by atoms with Crippen LogP contribution >= 0.6 is 0 Å². The highest BCUT2D eigenvalue weighted by atomic mass is 16.2. The first-order valence-corrected chi connectivity index (χ1v) is 10.4. The quantitative estimate of drug-likeness (QED) is 0.633. The summed E-state index contributed by atoms with van der Waals surface area (Å²) < 4.78 is 0. The van der Waals surface area contributed by atoms with Crippen molar-refractivity contribution in [1.29, 1.82) is 0 Å². The minimum Gasteiger partial charge on any atom is -0.378 e. The van der Waals surface area contributed by atoms with Crippen LogP contribution < -0.4 is 14.7 Å². The Bertz CT molecular complexity index is 1090. The second kappa shape index (κ2) is 8.26. The van der Waals surface area contributed by atoms with Crippen LogP contribution in [0.2, 0.25) is 0 Å². The molecule has 3 aromatic rings. The van der Waals surface area contributed by atoms with Crippen molar-refractivity contribution in [3.63, 3.8) is 0 Å². The van der Waals surface area contributed by atoms with Crippen LogP contribution in [0, 0.1) is 13.8 Å². The van der Waals surface area contributed by atoms with E-state index >= 15 is 0 Å². The summed E-state index contributed by atoms with van der Waals surface area (Å²) in [5.74, 6) is -0.215. The maximum Gasteiger partial charge on any atom is 0.255 e. The number of nitrogens with zero attached hydrogens (tertiary/aromatic N) is 3. The molecule has 158 valence electrons. The van der Waals surface area contributed by atoms with E-state index in [1.54, 1.807) is 9.80 Å². The normalized spacial score (nSPS) is 16.6. The van der Waals surface area contributed by atoms with Gasteiger partial charge in [-0.05, 0) is 55.8 Å². The Kier molecular flexibility index (Phi) is 5.51. The van der Waals surface area contributed by atoms with Gasteiger partial charge >= 0.3 is 0 Å². The highest BCUT2D eigenvalue weighted by Gasteiger charge is 2.41. The van der Waals surface area contributed by atoms with Gasteiger partial charge < -0.3 is 9.80 Å². The maximum atomic E-state index is 13.7. The van der Waals surface area contributed by atoms with E-state index < -0.39 is 6.04 Å². The Balaban J connectivity index is 1.79. The number of carbonyl (C=O) groups excluding carboxylic acids is 2. The molecule has 5 nitrogen and oxygen atoms in total. The fraction of sp³-hybridized carbons (Fsp3) is 0.231. The van der Waals surface area contributed by atoms with Gasteiger partial charge in [0.05, 0.1) is 0 Å². The number of hydrogen-bond donors (Lipinski definition) is 0. The number of rotatable bonds is 4. The second-order valence-corrected chi connectivity index (χ2v) is 8.25. The number of anilines is 3. The molecule has 1 unspecified atom stereocenters. The van der Waals surface area contributed by atoms with Crippen LogP contribution in [0.1, 0.15) is 22.7 Å². The van der Waals surface area contributed by atoms with Crippen LogP contribution in [-0.2, 0) is 9.59 Å². The Hall–Kier alpha value is -3.60. The van der Waals surface area contributed by atoms with Crippen molar-refractivity contribution in [1.82, 2.24) is 0 Å². The van der Waals surface area contributed by atoms with Gasteiger partial charge in [-0.2, -0.15) is 0 Å². The number of benzene rings is 3. The van der Waals surface area contributed by atoms with Crippen LogP contribution in [0.3, 0.4) is 0 Å². The Morgan fingerprint density at radius 2 is 1.26 bits per heavy atom. The van der Waals surface area contributed by atoms with Crippen LogP contribution in [-0.4, -0.2) is 32.5 Å². The fourth-order valence-corrected chi connectivity index (χ4v) is 3.88. The van der Waals surface area contributed by atoms with Crippen molar-refractivity contribution >= 4 is 28.9 Å². The van der Waals surface area contributed by atoms with Crippen LogP contribution in [0.15, 0.2) is 72.8 Å². The van der Waals surface area contributed by atoms with Crippen molar-refractivity contribution in [3.05, 3.63) is 89.5 Å². The molecule has 4 rings (SSSR count). The number of amides is 2. The van der Waals surface area contributed by atoms with Gasteiger partial charge in [-0.25, -0.2) is 0 Å². The van der Waals surface area contributed by atoms with Crippen LogP contribution in [0.25, 0.3) is 0 Å². The minimum absolute atomic E-state index is 0.0159. The van der Waals surface area contributed by atoms with Crippen molar-refractivity contribution in [2.75, 3.05) is 35.3 Å². The largest absolute Gasteiger partial charge is 0.378 e. The average molecular weight is 414 g/mol. The minimum atomic E-state index is -0.721. The van der Waals surface area contributed by atoms with Gasteiger partial charge in [-0.3, -0.25) is 14.5 Å². The van der Waals surface area contributed by atoms with E-state index in [9.17, 15) is 9.59 Å². The van der Waals surface area contributed by atoms with Gasteiger partial charge in [0.1, 0.15) is 12.6 Å². The number of hydrogen-bond acceptors (Lipinski definition) is 3. The SMILES string of the molecule is Cc1ccc(N2CC(=O)N(c3ccc(C)cc3)C(c3ccc(N(C)C)cc3)C2=O)cc1. The third-order valence-corrected chi connectivity index (χ3v) is 5.70. The lowest BCUT2D eigenvalue weighted by Gasteiger charge is -2.40. The topological polar surface area (TPSA) is 43.9 Å². The van der Waals surface area contributed by atoms with Crippen molar-refractivity contribution in [3.8, 4) is 0 Å². The van der Waals surface area contributed by atoms with E-state index in [1.807, 2.05) is 106 Å². The number of aryl methyl sites for hydroxylation is 2. The van der Waals surface area contributed by atoms with Gasteiger partial charge in [0.15, 0.2) is 0 Å². The predicted molar refractivity (Wildman–Crippen MR) is 126 cm³/mol. The highest BCUT2D eigenvalue weighted by molar-refractivity contribution is 6.14. The summed E-state index contributed by atoms with van der Waals surface area (Å²) in [4.78, 5) is 32.3. The Morgan fingerprint density at radius 3 is 1.77 bits per heavy atom. The number of carbonyl (C=O) groups is 2. The molecule has 0 spiro atoms. The first-order valence-electron chi connectivity index (χ1n) is 10.4. The molecule has 1 atom stereocenters. The summed E-state index contributed by atoms with van der Waals surface area (Å²) in [7, 11) is 3.95. The lowest BCUT2D eigenvalue weighted by molar-refractivity contribution is -0.128. The molecule has 1 saturated heterocycles. The predicted octanol–water partition coefficient (Wildman–Crippen LogP) is 4.49. The number of piperazine rings is 1. The molecule has 31 heavy (non-hydrogen) atoms. The van der Waals surface area contributed by atoms with E-state index in [0.717, 1.165) is 33.8 Å². The molecule has 0 saturated carbocycles. The molecule has 2 amide bonds. The molecule has 0 aliphatic carbocycles. The second-order valence-electron chi connectivity index (χ2n) is 8.25. The molecule has 1 aliphatic heterocycles. The summed E-state index contributed by atoms with van der Waals surface area (Å²) in [5, 5.41) is 0. The van der Waals surface area contributed by atoms with Gasteiger partial charge in [-0.1, -0.05) is 47.5 Å². The lowest BCUT2D eigenvalue weighted by Crippen LogP contribution is -2.56. The van der Waals surface area contributed by atoms with E-state index in [2.05, 4.69) is 0 Å². The van der Waals surface area contributed by atoms with Crippen LogP contribution in [0.5, 0.6) is 0 Å². The van der Waals surface area contributed by atoms with Crippen molar-refractivity contribution < 1.29 is 9.59 Å². The molecule has 5 heteroatoms. The third kappa shape index (κ3) is 4.04. The van der Waals surface area contributed by atoms with Crippen molar-refractivity contribution in [2.45, 2.75) is 19.9 Å². The maximum absolute atomic E-state index is 13.7.